The summed E-state index contributed by atoms with van der Waals surface area (Å²) in [5.41, 5.74) is 0.754. The molecule has 0 aliphatic carbocycles. The predicted molar refractivity (Wildman–Crippen MR) is 59.5 cm³/mol. The highest BCUT2D eigenvalue weighted by Gasteiger charge is 2.30. The zero-order chi connectivity index (χ0) is 11.7. The molecule has 16 heavy (non-hydrogen) atoms. The summed E-state index contributed by atoms with van der Waals surface area (Å²) in [5, 5.41) is 30.1. The van der Waals surface area contributed by atoms with E-state index in [0.717, 1.165) is 5.56 Å². The normalized spacial score (nSPS) is 24.5. The highest BCUT2D eigenvalue weighted by Crippen LogP contribution is 2.36. The number of carboxylic acids is 1. The Balaban J connectivity index is 2.14. The molecule has 0 unspecified atom stereocenters. The zero-order valence-electron chi connectivity index (χ0n) is 8.25. The Bertz CT molecular complexity index is 423. The number of phenols is 2. The molecule has 0 saturated carbocycles. The summed E-state index contributed by atoms with van der Waals surface area (Å²) in [6.45, 7) is 0. The van der Waals surface area contributed by atoms with Gasteiger partial charge in [0.15, 0.2) is 11.5 Å². The third kappa shape index (κ3) is 2.07. The van der Waals surface area contributed by atoms with Crippen molar-refractivity contribution in [3.05, 3.63) is 23.8 Å². The van der Waals surface area contributed by atoms with Gasteiger partial charge in [0.2, 0.25) is 0 Å². The van der Waals surface area contributed by atoms with Crippen molar-refractivity contribution in [2.24, 2.45) is 0 Å². The van der Waals surface area contributed by atoms with Crippen molar-refractivity contribution in [2.45, 2.75) is 11.4 Å². The lowest BCUT2D eigenvalue weighted by atomic mass is 10.2. The van der Waals surface area contributed by atoms with E-state index in [4.69, 9.17) is 10.2 Å². The van der Waals surface area contributed by atoms with E-state index >= 15 is 0 Å². The second-order valence-electron chi connectivity index (χ2n) is 3.52. The maximum Gasteiger partial charge on any atom is 0.321 e. The highest BCUT2D eigenvalue weighted by molar-refractivity contribution is 7.99. The van der Waals surface area contributed by atoms with Gasteiger partial charge in [-0.25, -0.2) is 0 Å². The summed E-state index contributed by atoms with van der Waals surface area (Å²) >= 11 is 1.46. The van der Waals surface area contributed by atoms with Crippen LogP contribution in [0.3, 0.4) is 0 Å². The number of rotatable bonds is 2. The van der Waals surface area contributed by atoms with E-state index in [0.29, 0.717) is 5.75 Å². The number of nitrogens with one attached hydrogen (secondary N) is 1. The van der Waals surface area contributed by atoms with Crippen LogP contribution in [-0.2, 0) is 4.79 Å². The SMILES string of the molecule is O=C(O)[C@@H]1CS[C@@H](c2ccc(O)c(O)c2)N1. The number of aromatic hydroxyl groups is 2. The second kappa shape index (κ2) is 4.23. The van der Waals surface area contributed by atoms with Gasteiger partial charge in [-0.05, 0) is 17.7 Å². The quantitative estimate of drug-likeness (QED) is 0.575. The first-order chi connectivity index (χ1) is 7.58. The average molecular weight is 241 g/mol. The first-order valence-corrected chi connectivity index (χ1v) is 5.75. The van der Waals surface area contributed by atoms with Crippen LogP contribution < -0.4 is 5.32 Å². The number of phenolic OH excluding ortho intramolecular Hbond substituents is 2. The smallest absolute Gasteiger partial charge is 0.321 e. The van der Waals surface area contributed by atoms with Gasteiger partial charge in [0, 0.05) is 5.75 Å². The third-order valence-corrected chi connectivity index (χ3v) is 3.65. The number of benzene rings is 1. The van der Waals surface area contributed by atoms with Gasteiger partial charge in [-0.2, -0.15) is 0 Å². The van der Waals surface area contributed by atoms with Crippen LogP contribution in [0.25, 0.3) is 0 Å². The molecule has 1 aliphatic heterocycles. The monoisotopic (exact) mass is 241 g/mol. The maximum atomic E-state index is 10.7. The molecule has 4 N–H and O–H groups in total. The van der Waals surface area contributed by atoms with E-state index in [-0.39, 0.29) is 16.9 Å². The van der Waals surface area contributed by atoms with Crippen LogP contribution in [0.15, 0.2) is 18.2 Å². The Hall–Kier alpha value is -1.40. The largest absolute Gasteiger partial charge is 0.504 e. The summed E-state index contributed by atoms with van der Waals surface area (Å²) in [6.07, 6.45) is 0. The lowest BCUT2D eigenvalue weighted by Gasteiger charge is -2.11. The number of hydrogen-bond acceptors (Lipinski definition) is 5. The molecule has 1 aliphatic rings. The topological polar surface area (TPSA) is 89.8 Å². The predicted octanol–water partition coefficient (Wildman–Crippen LogP) is 0.886. The fourth-order valence-corrected chi connectivity index (χ4v) is 2.73. The summed E-state index contributed by atoms with van der Waals surface area (Å²) in [5.74, 6) is -0.764. The van der Waals surface area contributed by atoms with Crippen LogP contribution in [0.1, 0.15) is 10.9 Å². The van der Waals surface area contributed by atoms with Gasteiger partial charge in [-0.15, -0.1) is 11.8 Å². The third-order valence-electron chi connectivity index (χ3n) is 2.38. The number of carbonyl (C=O) groups is 1. The van der Waals surface area contributed by atoms with Crippen molar-refractivity contribution < 1.29 is 20.1 Å². The van der Waals surface area contributed by atoms with Gasteiger partial charge >= 0.3 is 5.97 Å². The van der Waals surface area contributed by atoms with Crippen molar-refractivity contribution in [1.82, 2.24) is 5.32 Å². The molecule has 0 amide bonds. The summed E-state index contributed by atoms with van der Waals surface area (Å²) in [7, 11) is 0. The molecule has 1 fully saturated rings. The number of thioether (sulfide) groups is 1. The van der Waals surface area contributed by atoms with E-state index in [2.05, 4.69) is 5.32 Å². The summed E-state index contributed by atoms with van der Waals surface area (Å²) in [4.78, 5) is 10.7. The Morgan fingerprint density at radius 1 is 1.38 bits per heavy atom. The molecule has 86 valence electrons. The lowest BCUT2D eigenvalue weighted by Crippen LogP contribution is -2.33. The molecule has 1 heterocycles. The van der Waals surface area contributed by atoms with Crippen LogP contribution in [0.2, 0.25) is 0 Å². The van der Waals surface area contributed by atoms with Gasteiger partial charge in [0.25, 0.3) is 0 Å². The van der Waals surface area contributed by atoms with Gasteiger partial charge in [-0.1, -0.05) is 6.07 Å². The zero-order valence-corrected chi connectivity index (χ0v) is 9.07. The molecule has 0 bridgehead atoms. The molecule has 1 saturated heterocycles. The van der Waals surface area contributed by atoms with Crippen molar-refractivity contribution in [3.63, 3.8) is 0 Å². The molecule has 5 nitrogen and oxygen atoms in total. The van der Waals surface area contributed by atoms with E-state index in [9.17, 15) is 9.90 Å². The molecule has 1 aromatic carbocycles. The van der Waals surface area contributed by atoms with Gasteiger partial charge in [0.1, 0.15) is 6.04 Å². The van der Waals surface area contributed by atoms with Crippen LogP contribution in [0, 0.1) is 0 Å². The molecule has 0 aromatic heterocycles. The lowest BCUT2D eigenvalue weighted by molar-refractivity contribution is -0.138. The van der Waals surface area contributed by atoms with Crippen molar-refractivity contribution >= 4 is 17.7 Å². The summed E-state index contributed by atoms with van der Waals surface area (Å²) < 4.78 is 0. The van der Waals surface area contributed by atoms with Crippen LogP contribution in [0.5, 0.6) is 11.5 Å². The van der Waals surface area contributed by atoms with Crippen molar-refractivity contribution in [3.8, 4) is 11.5 Å². The standard InChI is InChI=1S/C10H11NO4S/c12-7-2-1-5(3-8(7)13)9-11-6(4-16-9)10(14)15/h1-3,6,9,11-13H,4H2,(H,14,15)/t6-,9-/m0/s1. The van der Waals surface area contributed by atoms with Gasteiger partial charge in [0.05, 0.1) is 5.37 Å². The van der Waals surface area contributed by atoms with Crippen LogP contribution in [-0.4, -0.2) is 33.1 Å². The molecule has 2 atom stereocenters. The Morgan fingerprint density at radius 3 is 2.69 bits per heavy atom. The Kier molecular flexibility index (Phi) is 2.93. The molecular weight excluding hydrogens is 230 g/mol. The van der Waals surface area contributed by atoms with Gasteiger partial charge < -0.3 is 15.3 Å². The average Bonchev–Trinajstić information content (AvgIpc) is 2.71. The molecule has 2 rings (SSSR count). The van der Waals surface area contributed by atoms with Crippen LogP contribution >= 0.6 is 11.8 Å². The van der Waals surface area contributed by atoms with E-state index in [1.807, 2.05) is 0 Å². The van der Waals surface area contributed by atoms with Gasteiger partial charge in [-0.3, -0.25) is 10.1 Å². The Labute approximate surface area is 96.1 Å². The molecule has 6 heteroatoms. The van der Waals surface area contributed by atoms with Crippen LogP contribution in [0.4, 0.5) is 0 Å². The Morgan fingerprint density at radius 2 is 2.12 bits per heavy atom. The highest BCUT2D eigenvalue weighted by atomic mass is 32.2. The first kappa shape index (κ1) is 11.1. The first-order valence-electron chi connectivity index (χ1n) is 4.70. The number of carboxylic acid groups (broad SMARTS) is 1. The molecular formula is C10H11NO4S. The van der Waals surface area contributed by atoms with Crippen molar-refractivity contribution in [2.75, 3.05) is 5.75 Å². The second-order valence-corrected chi connectivity index (χ2v) is 4.66. The molecule has 0 radical (unpaired) electrons. The van der Waals surface area contributed by atoms with Crippen molar-refractivity contribution in [1.29, 1.82) is 0 Å². The molecule has 1 aromatic rings. The van der Waals surface area contributed by atoms with E-state index in [1.165, 1.54) is 23.9 Å². The minimum absolute atomic E-state index is 0.160. The fourth-order valence-electron chi connectivity index (χ4n) is 1.51. The maximum absolute atomic E-state index is 10.7. The number of hydrogen-bond donors (Lipinski definition) is 4. The number of aliphatic carboxylic acids is 1. The molecule has 0 spiro atoms. The van der Waals surface area contributed by atoms with E-state index in [1.54, 1.807) is 6.07 Å². The fraction of sp³-hybridized carbons (Fsp3) is 0.300. The minimum atomic E-state index is -0.877. The van der Waals surface area contributed by atoms with E-state index < -0.39 is 12.0 Å². The minimum Gasteiger partial charge on any atom is -0.504 e. The summed E-state index contributed by atoms with van der Waals surface area (Å²) in [6, 6.07) is 3.92.